The highest BCUT2D eigenvalue weighted by Crippen LogP contribution is 2.31. The number of anilines is 1. The van der Waals surface area contributed by atoms with Crippen LogP contribution in [0.2, 0.25) is 0 Å². The Morgan fingerprint density at radius 2 is 2.00 bits per heavy atom. The van der Waals surface area contributed by atoms with Crippen LogP contribution in [0.5, 0.6) is 0 Å². The van der Waals surface area contributed by atoms with Gasteiger partial charge in [-0.05, 0) is 25.1 Å². The van der Waals surface area contributed by atoms with Gasteiger partial charge >= 0.3 is 12.1 Å². The molecule has 0 aliphatic carbocycles. The van der Waals surface area contributed by atoms with Gasteiger partial charge in [-0.1, -0.05) is 0 Å². The zero-order valence-corrected chi connectivity index (χ0v) is 8.47. The zero-order chi connectivity index (χ0) is 12.3. The minimum Gasteiger partial charge on any atom is -0.462 e. The van der Waals surface area contributed by atoms with Crippen LogP contribution < -0.4 is 5.73 Å². The summed E-state index contributed by atoms with van der Waals surface area (Å²) in [7, 11) is 0. The first-order chi connectivity index (χ1) is 7.34. The van der Waals surface area contributed by atoms with E-state index in [2.05, 4.69) is 4.74 Å². The molecule has 1 rings (SSSR count). The van der Waals surface area contributed by atoms with Crippen molar-refractivity contribution in [2.24, 2.45) is 0 Å². The van der Waals surface area contributed by atoms with Gasteiger partial charge in [0.05, 0.1) is 17.7 Å². The highest BCUT2D eigenvalue weighted by Gasteiger charge is 2.31. The minimum atomic E-state index is -4.53. The molecule has 1 aromatic carbocycles. The van der Waals surface area contributed by atoms with Crippen molar-refractivity contribution in [3.8, 4) is 0 Å². The molecule has 0 aliphatic rings. The first kappa shape index (κ1) is 12.4. The Labute approximate surface area is 90.0 Å². The lowest BCUT2D eigenvalue weighted by molar-refractivity contribution is -0.137. The van der Waals surface area contributed by atoms with Crippen LogP contribution in [0.3, 0.4) is 0 Å². The van der Waals surface area contributed by atoms with Gasteiger partial charge in [0.25, 0.3) is 0 Å². The van der Waals surface area contributed by atoms with Gasteiger partial charge in [-0.3, -0.25) is 0 Å². The van der Waals surface area contributed by atoms with Gasteiger partial charge in [0, 0.05) is 5.69 Å². The monoisotopic (exact) mass is 233 g/mol. The molecule has 0 fully saturated rings. The molecule has 0 heterocycles. The van der Waals surface area contributed by atoms with E-state index in [4.69, 9.17) is 5.73 Å². The third-order valence-electron chi connectivity index (χ3n) is 1.79. The summed E-state index contributed by atoms with van der Waals surface area (Å²) in [6.07, 6.45) is -4.53. The fourth-order valence-corrected chi connectivity index (χ4v) is 1.15. The van der Waals surface area contributed by atoms with Crippen LogP contribution in [0.1, 0.15) is 22.8 Å². The summed E-state index contributed by atoms with van der Waals surface area (Å²) in [5.74, 6) is -0.819. The van der Waals surface area contributed by atoms with Gasteiger partial charge in [0.2, 0.25) is 0 Å². The molecule has 0 saturated heterocycles. The average molecular weight is 233 g/mol. The predicted octanol–water partition coefficient (Wildman–Crippen LogP) is 2.46. The highest BCUT2D eigenvalue weighted by atomic mass is 19.4. The molecule has 3 nitrogen and oxygen atoms in total. The third-order valence-corrected chi connectivity index (χ3v) is 1.79. The summed E-state index contributed by atoms with van der Waals surface area (Å²) in [5.41, 5.74) is 3.99. The maximum Gasteiger partial charge on any atom is 0.416 e. The number of carbonyl (C=O) groups is 1. The second-order valence-electron chi connectivity index (χ2n) is 3.06. The van der Waals surface area contributed by atoms with Crippen molar-refractivity contribution >= 4 is 11.7 Å². The summed E-state index contributed by atoms with van der Waals surface area (Å²) in [4.78, 5) is 11.2. The normalized spacial score (nSPS) is 11.2. The van der Waals surface area contributed by atoms with Gasteiger partial charge < -0.3 is 10.5 Å². The number of hydrogen-bond acceptors (Lipinski definition) is 3. The number of hydrogen-bond donors (Lipinski definition) is 1. The Balaban J connectivity index is 3.13. The average Bonchev–Trinajstić information content (AvgIpc) is 2.16. The van der Waals surface area contributed by atoms with Gasteiger partial charge in [-0.2, -0.15) is 13.2 Å². The Morgan fingerprint density at radius 1 is 1.38 bits per heavy atom. The van der Waals surface area contributed by atoms with Crippen LogP contribution >= 0.6 is 0 Å². The van der Waals surface area contributed by atoms with E-state index in [1.54, 1.807) is 6.92 Å². The van der Waals surface area contributed by atoms with E-state index in [0.29, 0.717) is 6.07 Å². The Bertz CT molecular complexity index is 402. The van der Waals surface area contributed by atoms with E-state index in [0.717, 1.165) is 12.1 Å². The SMILES string of the molecule is CCOC(=O)c1cc(N)cc(C(F)(F)F)c1. The first-order valence-electron chi connectivity index (χ1n) is 4.49. The lowest BCUT2D eigenvalue weighted by Gasteiger charge is -2.09. The largest absolute Gasteiger partial charge is 0.462 e. The number of carbonyl (C=O) groups excluding carboxylic acids is 1. The Kier molecular flexibility index (Phi) is 3.41. The van der Waals surface area contributed by atoms with Crippen molar-refractivity contribution in [3.05, 3.63) is 29.3 Å². The Hall–Kier alpha value is -1.72. The first-order valence-corrected chi connectivity index (χ1v) is 4.49. The van der Waals surface area contributed by atoms with Crippen LogP contribution in [0.4, 0.5) is 18.9 Å². The van der Waals surface area contributed by atoms with Gasteiger partial charge in [-0.25, -0.2) is 4.79 Å². The predicted molar refractivity (Wildman–Crippen MR) is 51.8 cm³/mol. The molecule has 2 N–H and O–H groups in total. The number of benzene rings is 1. The molecule has 0 aliphatic heterocycles. The van der Waals surface area contributed by atoms with Gasteiger partial charge in [-0.15, -0.1) is 0 Å². The lowest BCUT2D eigenvalue weighted by Crippen LogP contribution is -2.10. The second kappa shape index (κ2) is 4.42. The van der Waals surface area contributed by atoms with Crippen LogP contribution in [0, 0.1) is 0 Å². The fraction of sp³-hybridized carbons (Fsp3) is 0.300. The van der Waals surface area contributed by atoms with E-state index >= 15 is 0 Å². The third kappa shape index (κ3) is 2.88. The lowest BCUT2D eigenvalue weighted by atomic mass is 10.1. The van der Waals surface area contributed by atoms with Gasteiger partial charge in [0.15, 0.2) is 0 Å². The molecule has 0 atom stereocenters. The standard InChI is InChI=1S/C10H10F3NO2/c1-2-16-9(15)6-3-7(10(11,12)13)5-8(14)4-6/h3-5H,2,14H2,1H3. The van der Waals surface area contributed by atoms with Crippen molar-refractivity contribution in [2.75, 3.05) is 12.3 Å². The van der Waals surface area contributed by atoms with Crippen molar-refractivity contribution in [1.29, 1.82) is 0 Å². The summed E-state index contributed by atoms with van der Waals surface area (Å²) < 4.78 is 41.8. The maximum absolute atomic E-state index is 12.4. The topological polar surface area (TPSA) is 52.3 Å². The molecule has 0 bridgehead atoms. The molecule has 16 heavy (non-hydrogen) atoms. The molecule has 0 amide bonds. The molecule has 88 valence electrons. The number of esters is 1. The molecule has 0 spiro atoms. The van der Waals surface area contributed by atoms with Crippen LogP contribution in [0.25, 0.3) is 0 Å². The molecule has 0 saturated carbocycles. The molecule has 0 radical (unpaired) electrons. The number of ether oxygens (including phenoxy) is 1. The van der Waals surface area contributed by atoms with Crippen molar-refractivity contribution < 1.29 is 22.7 Å². The Morgan fingerprint density at radius 3 is 2.50 bits per heavy atom. The van der Waals surface area contributed by atoms with E-state index in [-0.39, 0.29) is 17.9 Å². The van der Waals surface area contributed by atoms with Gasteiger partial charge in [0.1, 0.15) is 0 Å². The van der Waals surface area contributed by atoms with E-state index in [1.807, 2.05) is 0 Å². The van der Waals surface area contributed by atoms with E-state index < -0.39 is 17.7 Å². The van der Waals surface area contributed by atoms with Crippen LogP contribution in [0.15, 0.2) is 18.2 Å². The summed E-state index contributed by atoms with van der Waals surface area (Å²) >= 11 is 0. The summed E-state index contributed by atoms with van der Waals surface area (Å²) in [5, 5.41) is 0. The van der Waals surface area contributed by atoms with Crippen LogP contribution in [-0.2, 0) is 10.9 Å². The molecular weight excluding hydrogens is 223 g/mol. The summed E-state index contributed by atoms with van der Waals surface area (Å²) in [6, 6.07) is 2.63. The van der Waals surface area contributed by atoms with Crippen LogP contribution in [-0.4, -0.2) is 12.6 Å². The van der Waals surface area contributed by atoms with Crippen molar-refractivity contribution in [3.63, 3.8) is 0 Å². The zero-order valence-electron chi connectivity index (χ0n) is 8.47. The number of nitrogens with two attached hydrogens (primary N) is 1. The fourth-order valence-electron chi connectivity index (χ4n) is 1.15. The number of halogens is 3. The molecule has 0 aromatic heterocycles. The molecular formula is C10H10F3NO2. The van der Waals surface area contributed by atoms with E-state index in [9.17, 15) is 18.0 Å². The van der Waals surface area contributed by atoms with E-state index in [1.165, 1.54) is 0 Å². The van der Waals surface area contributed by atoms with Crippen molar-refractivity contribution in [1.82, 2.24) is 0 Å². The summed E-state index contributed by atoms with van der Waals surface area (Å²) in [6.45, 7) is 1.66. The maximum atomic E-state index is 12.4. The smallest absolute Gasteiger partial charge is 0.416 e. The molecule has 1 aromatic rings. The quantitative estimate of drug-likeness (QED) is 0.630. The highest BCUT2D eigenvalue weighted by molar-refractivity contribution is 5.90. The minimum absolute atomic E-state index is 0.0922. The number of alkyl halides is 3. The molecule has 6 heteroatoms. The second-order valence-corrected chi connectivity index (χ2v) is 3.06. The number of nitrogen functional groups attached to an aromatic ring is 1. The van der Waals surface area contributed by atoms with Crippen molar-refractivity contribution in [2.45, 2.75) is 13.1 Å². The number of rotatable bonds is 2. The molecule has 0 unspecified atom stereocenters.